The Morgan fingerprint density at radius 1 is 1.43 bits per heavy atom. The van der Waals surface area contributed by atoms with Crippen molar-refractivity contribution in [3.05, 3.63) is 23.9 Å². The Bertz CT molecular complexity index is 535. The van der Waals surface area contributed by atoms with Gasteiger partial charge in [0, 0.05) is 18.0 Å². The van der Waals surface area contributed by atoms with E-state index in [4.69, 9.17) is 4.74 Å². The fraction of sp³-hybridized carbons (Fsp3) is 0.562. The zero-order valence-electron chi connectivity index (χ0n) is 12.8. The van der Waals surface area contributed by atoms with Gasteiger partial charge in [-0.2, -0.15) is 0 Å². The number of hydrogen-bond donors (Lipinski definition) is 1. The summed E-state index contributed by atoms with van der Waals surface area (Å²) in [7, 11) is 0. The van der Waals surface area contributed by atoms with E-state index >= 15 is 0 Å². The fourth-order valence-electron chi connectivity index (χ4n) is 2.43. The maximum absolute atomic E-state index is 11.7. The van der Waals surface area contributed by atoms with Crippen LogP contribution in [0.5, 0.6) is 0 Å². The summed E-state index contributed by atoms with van der Waals surface area (Å²) in [6.45, 7) is 5.42. The van der Waals surface area contributed by atoms with Crippen molar-refractivity contribution in [2.45, 2.75) is 52.1 Å². The number of nitrogens with zero attached hydrogens (tertiary/aromatic N) is 1. The van der Waals surface area contributed by atoms with Gasteiger partial charge in [0.05, 0.1) is 0 Å². The highest BCUT2D eigenvalue weighted by molar-refractivity contribution is 5.84. The topological polar surface area (TPSA) is 68.3 Å². The Morgan fingerprint density at radius 3 is 2.81 bits per heavy atom. The summed E-state index contributed by atoms with van der Waals surface area (Å²) in [4.78, 5) is 27.8. The Labute approximate surface area is 125 Å². The second-order valence-electron chi connectivity index (χ2n) is 6.40. The SMILES string of the molecule is CC(C)(C)OC(=O)Nc1cccc(CC2CCCC2=O)n1. The zero-order valence-corrected chi connectivity index (χ0v) is 12.8. The summed E-state index contributed by atoms with van der Waals surface area (Å²) in [5.74, 6) is 0.851. The van der Waals surface area contributed by atoms with Gasteiger partial charge in [0.1, 0.15) is 17.2 Å². The van der Waals surface area contributed by atoms with E-state index in [1.54, 1.807) is 6.07 Å². The molecule has 2 rings (SSSR count). The fourth-order valence-corrected chi connectivity index (χ4v) is 2.43. The average molecular weight is 290 g/mol. The van der Waals surface area contributed by atoms with Crippen LogP contribution in [-0.4, -0.2) is 22.5 Å². The van der Waals surface area contributed by atoms with Crippen LogP contribution in [0.1, 0.15) is 45.7 Å². The van der Waals surface area contributed by atoms with Crippen LogP contribution in [0.3, 0.4) is 0 Å². The van der Waals surface area contributed by atoms with Gasteiger partial charge in [-0.1, -0.05) is 6.07 Å². The number of carbonyl (C=O) groups excluding carboxylic acids is 2. The third-order valence-electron chi connectivity index (χ3n) is 3.32. The van der Waals surface area contributed by atoms with E-state index in [2.05, 4.69) is 10.3 Å². The molecule has 5 heteroatoms. The molecule has 0 aromatic carbocycles. The number of Topliss-reactive ketones (excluding diaryl/α,β-unsaturated/α-hetero) is 1. The summed E-state index contributed by atoms with van der Waals surface area (Å²) in [6.07, 6.45) is 2.70. The molecule has 0 aliphatic heterocycles. The first-order valence-electron chi connectivity index (χ1n) is 7.32. The van der Waals surface area contributed by atoms with E-state index in [-0.39, 0.29) is 5.92 Å². The van der Waals surface area contributed by atoms with E-state index in [0.29, 0.717) is 24.4 Å². The molecule has 1 aromatic rings. The number of carbonyl (C=O) groups is 2. The van der Waals surface area contributed by atoms with Crippen LogP contribution in [-0.2, 0) is 16.0 Å². The molecule has 1 amide bonds. The van der Waals surface area contributed by atoms with Crippen molar-refractivity contribution in [1.29, 1.82) is 0 Å². The molecule has 0 radical (unpaired) electrons. The minimum atomic E-state index is -0.544. The largest absolute Gasteiger partial charge is 0.444 e. The molecule has 5 nitrogen and oxygen atoms in total. The maximum atomic E-state index is 11.7. The van der Waals surface area contributed by atoms with Crippen LogP contribution in [0.2, 0.25) is 0 Å². The number of rotatable bonds is 3. The van der Waals surface area contributed by atoms with Gasteiger partial charge >= 0.3 is 6.09 Å². The van der Waals surface area contributed by atoms with Gasteiger partial charge < -0.3 is 4.74 Å². The van der Waals surface area contributed by atoms with E-state index < -0.39 is 11.7 Å². The number of anilines is 1. The van der Waals surface area contributed by atoms with Crippen LogP contribution in [0, 0.1) is 5.92 Å². The normalized spacial score (nSPS) is 18.6. The van der Waals surface area contributed by atoms with Crippen LogP contribution in [0.4, 0.5) is 10.6 Å². The molecule has 0 bridgehead atoms. The number of pyridine rings is 1. The molecule has 1 aliphatic carbocycles. The molecule has 114 valence electrons. The molecule has 1 atom stereocenters. The van der Waals surface area contributed by atoms with Crippen molar-refractivity contribution in [2.75, 3.05) is 5.32 Å². The molecule has 0 spiro atoms. The number of nitrogens with one attached hydrogen (secondary N) is 1. The van der Waals surface area contributed by atoms with Gasteiger partial charge in [0.25, 0.3) is 0 Å². The van der Waals surface area contributed by atoms with Gasteiger partial charge in [-0.05, 0) is 52.2 Å². The van der Waals surface area contributed by atoms with E-state index in [0.717, 1.165) is 18.5 Å². The molecule has 1 saturated carbocycles. The molecular formula is C16H22N2O3. The Morgan fingerprint density at radius 2 is 2.19 bits per heavy atom. The van der Waals surface area contributed by atoms with E-state index in [1.807, 2.05) is 32.9 Å². The minimum absolute atomic E-state index is 0.0780. The smallest absolute Gasteiger partial charge is 0.413 e. The molecule has 1 unspecified atom stereocenters. The lowest BCUT2D eigenvalue weighted by Crippen LogP contribution is -2.27. The van der Waals surface area contributed by atoms with Crippen molar-refractivity contribution in [3.8, 4) is 0 Å². The summed E-state index contributed by atoms with van der Waals surface area (Å²) < 4.78 is 5.19. The minimum Gasteiger partial charge on any atom is -0.444 e. The first kappa shape index (κ1) is 15.5. The monoisotopic (exact) mass is 290 g/mol. The molecular weight excluding hydrogens is 268 g/mol. The summed E-state index contributed by atoms with van der Waals surface area (Å²) in [5.41, 5.74) is 0.279. The van der Waals surface area contributed by atoms with Gasteiger partial charge in [-0.15, -0.1) is 0 Å². The van der Waals surface area contributed by atoms with Crippen LogP contribution >= 0.6 is 0 Å². The molecule has 21 heavy (non-hydrogen) atoms. The molecule has 1 aromatic heterocycles. The van der Waals surface area contributed by atoms with E-state index in [9.17, 15) is 9.59 Å². The lowest BCUT2D eigenvalue weighted by atomic mass is 10.0. The average Bonchev–Trinajstić information content (AvgIpc) is 2.73. The first-order chi connectivity index (χ1) is 9.83. The van der Waals surface area contributed by atoms with E-state index in [1.165, 1.54) is 0 Å². The van der Waals surface area contributed by atoms with Crippen molar-refractivity contribution >= 4 is 17.7 Å². The second kappa shape index (κ2) is 6.24. The number of ether oxygens (including phenoxy) is 1. The standard InChI is InChI=1S/C16H22N2O3/c1-16(2,3)21-15(20)18-14-9-5-7-12(17-14)10-11-6-4-8-13(11)19/h5,7,9,11H,4,6,8,10H2,1-3H3,(H,17,18,20). The molecule has 1 fully saturated rings. The molecule has 0 saturated heterocycles. The maximum Gasteiger partial charge on any atom is 0.413 e. The highest BCUT2D eigenvalue weighted by Crippen LogP contribution is 2.24. The summed E-state index contributed by atoms with van der Waals surface area (Å²) >= 11 is 0. The van der Waals surface area contributed by atoms with Crippen molar-refractivity contribution in [3.63, 3.8) is 0 Å². The zero-order chi connectivity index (χ0) is 15.5. The highest BCUT2D eigenvalue weighted by atomic mass is 16.6. The van der Waals surface area contributed by atoms with Crippen molar-refractivity contribution < 1.29 is 14.3 Å². The van der Waals surface area contributed by atoms with Crippen LogP contribution < -0.4 is 5.32 Å². The molecule has 1 N–H and O–H groups in total. The number of aromatic nitrogens is 1. The number of amides is 1. The highest BCUT2D eigenvalue weighted by Gasteiger charge is 2.25. The van der Waals surface area contributed by atoms with Gasteiger partial charge in [-0.3, -0.25) is 10.1 Å². The number of ketones is 1. The lowest BCUT2D eigenvalue weighted by molar-refractivity contribution is -0.120. The van der Waals surface area contributed by atoms with Crippen LogP contribution in [0.25, 0.3) is 0 Å². The second-order valence-corrected chi connectivity index (χ2v) is 6.40. The third-order valence-corrected chi connectivity index (χ3v) is 3.32. The Hall–Kier alpha value is -1.91. The van der Waals surface area contributed by atoms with Gasteiger partial charge in [0.15, 0.2) is 0 Å². The third kappa shape index (κ3) is 4.85. The summed E-state index contributed by atoms with van der Waals surface area (Å²) in [6, 6.07) is 5.42. The predicted molar refractivity (Wildman–Crippen MR) is 80.1 cm³/mol. The Kier molecular flexibility index (Phi) is 4.60. The quantitative estimate of drug-likeness (QED) is 0.927. The number of hydrogen-bond acceptors (Lipinski definition) is 4. The predicted octanol–water partition coefficient (Wildman–Crippen LogP) is 3.34. The van der Waals surface area contributed by atoms with Crippen LogP contribution in [0.15, 0.2) is 18.2 Å². The van der Waals surface area contributed by atoms with Gasteiger partial charge in [-0.25, -0.2) is 9.78 Å². The lowest BCUT2D eigenvalue weighted by Gasteiger charge is -2.19. The Balaban J connectivity index is 1.97. The summed E-state index contributed by atoms with van der Waals surface area (Å²) in [5, 5.41) is 2.62. The van der Waals surface area contributed by atoms with Crippen molar-refractivity contribution in [2.24, 2.45) is 5.92 Å². The molecule has 1 heterocycles. The molecule has 1 aliphatic rings. The van der Waals surface area contributed by atoms with Crippen molar-refractivity contribution in [1.82, 2.24) is 4.98 Å². The van der Waals surface area contributed by atoms with Gasteiger partial charge in [0.2, 0.25) is 0 Å². The first-order valence-corrected chi connectivity index (χ1v) is 7.32.